The monoisotopic (exact) mass is 251 g/mol. The van der Waals surface area contributed by atoms with E-state index in [2.05, 4.69) is 10.2 Å². The van der Waals surface area contributed by atoms with Crippen LogP contribution in [0, 0.1) is 5.92 Å². The van der Waals surface area contributed by atoms with Crippen LogP contribution < -0.4 is 0 Å². The smallest absolute Gasteiger partial charge is 0.296 e. The van der Waals surface area contributed by atoms with E-state index >= 15 is 0 Å². The fourth-order valence-corrected chi connectivity index (χ4v) is 2.20. The van der Waals surface area contributed by atoms with E-state index in [0.29, 0.717) is 11.7 Å². The summed E-state index contributed by atoms with van der Waals surface area (Å²) in [6.45, 7) is 6.04. The van der Waals surface area contributed by atoms with Crippen molar-refractivity contribution in [2.45, 2.75) is 31.8 Å². The Hall–Kier alpha value is -0.620. The third kappa shape index (κ3) is 2.49. The van der Waals surface area contributed by atoms with Gasteiger partial charge in [0.1, 0.15) is 5.82 Å². The fraction of sp³-hybridized carbons (Fsp3) is 0.750. The van der Waals surface area contributed by atoms with Crippen molar-refractivity contribution in [2.75, 3.05) is 0 Å². The molecule has 1 atom stereocenters. The molecule has 0 aromatic carbocycles. The van der Waals surface area contributed by atoms with Crippen molar-refractivity contribution in [1.82, 2.24) is 14.8 Å². The van der Waals surface area contributed by atoms with Crippen molar-refractivity contribution in [3.8, 4) is 0 Å². The van der Waals surface area contributed by atoms with Crippen LogP contribution in [0.15, 0.2) is 5.16 Å². The lowest BCUT2D eigenvalue weighted by Gasteiger charge is -2.14. The van der Waals surface area contributed by atoms with Crippen molar-refractivity contribution < 1.29 is 8.42 Å². The normalized spacial score (nSPS) is 14.5. The van der Waals surface area contributed by atoms with Crippen molar-refractivity contribution >= 4 is 19.7 Å². The van der Waals surface area contributed by atoms with E-state index in [0.717, 1.165) is 0 Å². The Morgan fingerprint density at radius 1 is 1.27 bits per heavy atom. The summed E-state index contributed by atoms with van der Waals surface area (Å²) in [7, 11) is 3.00. The van der Waals surface area contributed by atoms with Gasteiger partial charge in [-0.3, -0.25) is 0 Å². The quantitative estimate of drug-likeness (QED) is 0.764. The Kier molecular flexibility index (Phi) is 3.40. The summed E-state index contributed by atoms with van der Waals surface area (Å²) in [5.74, 6) is 1.12. The first-order valence-electron chi connectivity index (χ1n) is 4.59. The Labute approximate surface area is 93.9 Å². The minimum Gasteiger partial charge on any atom is -0.304 e. The number of hydrogen-bond acceptors (Lipinski definition) is 4. The molecule has 1 heterocycles. The molecule has 0 fully saturated rings. The average Bonchev–Trinajstić information content (AvgIpc) is 2.44. The molecule has 7 heteroatoms. The topological polar surface area (TPSA) is 64.8 Å². The number of halogens is 1. The molecule has 5 nitrogen and oxygen atoms in total. The molecule has 0 spiro atoms. The van der Waals surface area contributed by atoms with E-state index in [4.69, 9.17) is 10.7 Å². The van der Waals surface area contributed by atoms with E-state index < -0.39 is 9.05 Å². The zero-order valence-corrected chi connectivity index (χ0v) is 10.7. The first-order chi connectivity index (χ1) is 6.75. The third-order valence-electron chi connectivity index (χ3n) is 2.49. The lowest BCUT2D eigenvalue weighted by Crippen LogP contribution is -2.11. The molecular weight excluding hydrogens is 238 g/mol. The van der Waals surface area contributed by atoms with Crippen molar-refractivity contribution in [2.24, 2.45) is 13.0 Å². The highest BCUT2D eigenvalue weighted by Gasteiger charge is 2.24. The van der Waals surface area contributed by atoms with Crippen molar-refractivity contribution in [1.29, 1.82) is 0 Å². The zero-order chi connectivity index (χ0) is 11.8. The maximum absolute atomic E-state index is 11.1. The number of rotatable bonds is 3. The van der Waals surface area contributed by atoms with Gasteiger partial charge in [0, 0.05) is 23.6 Å². The van der Waals surface area contributed by atoms with Gasteiger partial charge in [-0.2, -0.15) is 0 Å². The lowest BCUT2D eigenvalue weighted by molar-refractivity contribution is 0.490. The molecule has 0 amide bonds. The largest absolute Gasteiger partial charge is 0.304 e. The van der Waals surface area contributed by atoms with E-state index in [9.17, 15) is 8.42 Å². The van der Waals surface area contributed by atoms with E-state index in [1.54, 1.807) is 7.05 Å². The second-order valence-corrected chi connectivity index (χ2v) is 6.33. The summed E-state index contributed by atoms with van der Waals surface area (Å²) >= 11 is 0. The van der Waals surface area contributed by atoms with Gasteiger partial charge in [-0.15, -0.1) is 10.2 Å². The molecule has 0 aliphatic carbocycles. The second kappa shape index (κ2) is 4.09. The van der Waals surface area contributed by atoms with Gasteiger partial charge in [0.15, 0.2) is 0 Å². The highest BCUT2D eigenvalue weighted by molar-refractivity contribution is 8.13. The van der Waals surface area contributed by atoms with E-state index in [-0.39, 0.29) is 11.1 Å². The predicted molar refractivity (Wildman–Crippen MR) is 57.3 cm³/mol. The number of hydrogen-bond donors (Lipinski definition) is 0. The van der Waals surface area contributed by atoms with Crippen LogP contribution in [0.5, 0.6) is 0 Å². The predicted octanol–water partition coefficient (Wildman–Crippen LogP) is 1.50. The van der Waals surface area contributed by atoms with E-state index in [1.165, 1.54) is 4.57 Å². The first-order valence-corrected chi connectivity index (χ1v) is 6.90. The summed E-state index contributed by atoms with van der Waals surface area (Å²) < 4.78 is 23.6. The van der Waals surface area contributed by atoms with Crippen LogP contribution in [0.1, 0.15) is 32.5 Å². The molecule has 0 saturated carbocycles. The first kappa shape index (κ1) is 12.4. The molecule has 1 aromatic heterocycles. The second-order valence-electron chi connectivity index (χ2n) is 3.87. The van der Waals surface area contributed by atoms with Crippen LogP contribution in [0.3, 0.4) is 0 Å². The van der Waals surface area contributed by atoms with Crippen LogP contribution >= 0.6 is 10.7 Å². The van der Waals surface area contributed by atoms with Crippen LogP contribution in [0.4, 0.5) is 0 Å². The highest BCUT2D eigenvalue weighted by Crippen LogP contribution is 2.23. The van der Waals surface area contributed by atoms with Gasteiger partial charge in [0.2, 0.25) is 0 Å². The molecule has 15 heavy (non-hydrogen) atoms. The van der Waals surface area contributed by atoms with Crippen LogP contribution in [0.25, 0.3) is 0 Å². The maximum atomic E-state index is 11.1. The molecule has 0 N–H and O–H groups in total. The van der Waals surface area contributed by atoms with Gasteiger partial charge in [0.25, 0.3) is 14.2 Å². The molecule has 0 saturated heterocycles. The Balaban J connectivity index is 3.22. The van der Waals surface area contributed by atoms with Gasteiger partial charge < -0.3 is 4.57 Å². The van der Waals surface area contributed by atoms with Gasteiger partial charge in [0.05, 0.1) is 0 Å². The third-order valence-corrected chi connectivity index (χ3v) is 3.70. The molecule has 86 valence electrons. The minimum absolute atomic E-state index is 0.134. The summed E-state index contributed by atoms with van der Waals surface area (Å²) in [5.41, 5.74) is 0. The summed E-state index contributed by atoms with van der Waals surface area (Å²) in [6, 6.07) is 0. The minimum atomic E-state index is -3.81. The lowest BCUT2D eigenvalue weighted by atomic mass is 9.97. The highest BCUT2D eigenvalue weighted by atomic mass is 35.7. The molecule has 0 radical (unpaired) electrons. The van der Waals surface area contributed by atoms with E-state index in [1.807, 2.05) is 20.8 Å². The molecule has 0 bridgehead atoms. The fourth-order valence-electron chi connectivity index (χ4n) is 1.23. The number of aromatic nitrogens is 3. The van der Waals surface area contributed by atoms with Gasteiger partial charge in [-0.1, -0.05) is 20.8 Å². The average molecular weight is 252 g/mol. The molecule has 1 aromatic rings. The van der Waals surface area contributed by atoms with Crippen LogP contribution in [-0.2, 0) is 16.1 Å². The SMILES string of the molecule is CC(C)C(C)c1nnc(S(=O)(=O)Cl)n1C. The number of nitrogens with zero attached hydrogens (tertiary/aromatic N) is 3. The van der Waals surface area contributed by atoms with Gasteiger partial charge >= 0.3 is 0 Å². The van der Waals surface area contributed by atoms with Gasteiger partial charge in [-0.25, -0.2) is 8.42 Å². The molecule has 0 aliphatic rings. The Morgan fingerprint density at radius 3 is 2.13 bits per heavy atom. The van der Waals surface area contributed by atoms with Crippen molar-refractivity contribution in [3.05, 3.63) is 5.82 Å². The van der Waals surface area contributed by atoms with Crippen molar-refractivity contribution in [3.63, 3.8) is 0 Å². The summed E-state index contributed by atoms with van der Waals surface area (Å²) in [5, 5.41) is 7.23. The van der Waals surface area contributed by atoms with Gasteiger partial charge in [-0.05, 0) is 5.92 Å². The molecule has 1 unspecified atom stereocenters. The maximum Gasteiger partial charge on any atom is 0.296 e. The summed E-state index contributed by atoms with van der Waals surface area (Å²) in [6.07, 6.45) is 0. The Morgan fingerprint density at radius 2 is 1.80 bits per heavy atom. The summed E-state index contributed by atoms with van der Waals surface area (Å²) in [4.78, 5) is 0. The Bertz CT molecular complexity index is 452. The molecule has 0 aliphatic heterocycles. The zero-order valence-electron chi connectivity index (χ0n) is 9.10. The molecular formula is C8H14ClN3O2S. The standard InChI is InChI=1S/C8H14ClN3O2S/c1-5(2)6(3)7-10-11-8(12(7)4)15(9,13)14/h5-6H,1-4H3. The molecule has 1 rings (SSSR count). The van der Waals surface area contributed by atoms with Crippen LogP contribution in [-0.4, -0.2) is 23.2 Å². The van der Waals surface area contributed by atoms with Crippen LogP contribution in [0.2, 0.25) is 0 Å².